The van der Waals surface area contributed by atoms with Gasteiger partial charge in [-0.25, -0.2) is 0 Å². The summed E-state index contributed by atoms with van der Waals surface area (Å²) in [6.45, 7) is 5.51. The maximum Gasteiger partial charge on any atom is 0.0599 e. The third kappa shape index (κ3) is 4.69. The Balaban J connectivity index is 0.00000196. The van der Waals surface area contributed by atoms with Crippen LogP contribution in [-0.2, 0) is 0 Å². The summed E-state index contributed by atoms with van der Waals surface area (Å²) in [5.41, 5.74) is 2.28. The summed E-state index contributed by atoms with van der Waals surface area (Å²) in [5.74, 6) is 2.61. The molecular weight excluding hydrogens is 206 g/mol. The van der Waals surface area contributed by atoms with E-state index in [1.807, 2.05) is 25.2 Å². The summed E-state index contributed by atoms with van der Waals surface area (Å²) in [4.78, 5) is 2.06. The molecule has 0 aliphatic carbocycles. The largest absolute Gasteiger partial charge is 0.291 e. The Bertz CT molecular complexity index is 337. The number of hydrogen-bond acceptors (Lipinski definition) is 1. The number of halogens is 1. The van der Waals surface area contributed by atoms with Crippen molar-refractivity contribution in [2.24, 2.45) is 0 Å². The van der Waals surface area contributed by atoms with Crippen LogP contribution in [0.1, 0.15) is 5.56 Å². The van der Waals surface area contributed by atoms with E-state index >= 15 is 0 Å². The molecule has 0 bridgehead atoms. The van der Waals surface area contributed by atoms with Gasteiger partial charge in [-0.2, -0.15) is 0 Å². The molecule has 1 rings (SSSR count). The minimum atomic E-state index is 0. The molecule has 0 spiro atoms. The van der Waals surface area contributed by atoms with E-state index in [4.69, 9.17) is 6.42 Å². The fourth-order valence-corrected chi connectivity index (χ4v) is 1.30. The van der Waals surface area contributed by atoms with Gasteiger partial charge < -0.3 is 0 Å². The zero-order chi connectivity index (χ0) is 10.4. The van der Waals surface area contributed by atoms with E-state index in [2.05, 4.69) is 29.5 Å². The second-order valence-corrected chi connectivity index (χ2v) is 3.35. The van der Waals surface area contributed by atoms with Crippen LogP contribution >= 0.6 is 12.4 Å². The van der Waals surface area contributed by atoms with E-state index < -0.39 is 0 Å². The highest BCUT2D eigenvalue weighted by atomic mass is 35.5. The molecule has 0 heterocycles. The molecule has 0 N–H and O–H groups in total. The third-order valence-corrected chi connectivity index (χ3v) is 2.00. The first-order valence-electron chi connectivity index (χ1n) is 4.59. The average molecular weight is 222 g/mol. The van der Waals surface area contributed by atoms with Crippen molar-refractivity contribution in [2.75, 3.05) is 20.1 Å². The zero-order valence-corrected chi connectivity index (χ0v) is 9.76. The maximum atomic E-state index is 5.22. The SMILES string of the molecule is C#CCN(C)CC(=C)c1ccccc1.Cl. The Morgan fingerprint density at radius 3 is 2.53 bits per heavy atom. The Labute approximate surface area is 98.2 Å². The molecule has 0 saturated carbocycles. The van der Waals surface area contributed by atoms with Crippen molar-refractivity contribution in [2.45, 2.75) is 0 Å². The molecule has 1 aromatic rings. The lowest BCUT2D eigenvalue weighted by molar-refractivity contribution is 0.425. The Hall–Kier alpha value is -1.23. The second kappa shape index (κ2) is 7.11. The lowest BCUT2D eigenvalue weighted by atomic mass is 10.1. The molecule has 0 aliphatic rings. The first-order chi connectivity index (χ1) is 6.74. The van der Waals surface area contributed by atoms with E-state index in [0.717, 1.165) is 12.1 Å². The van der Waals surface area contributed by atoms with Crippen LogP contribution in [0.4, 0.5) is 0 Å². The van der Waals surface area contributed by atoms with Crippen LogP contribution in [0.2, 0.25) is 0 Å². The number of benzene rings is 1. The molecule has 0 saturated heterocycles. The average Bonchev–Trinajstić information content (AvgIpc) is 2.19. The van der Waals surface area contributed by atoms with Crippen LogP contribution in [0.5, 0.6) is 0 Å². The van der Waals surface area contributed by atoms with E-state index in [1.165, 1.54) is 5.56 Å². The maximum absolute atomic E-state index is 5.22. The van der Waals surface area contributed by atoms with Crippen LogP contribution in [0, 0.1) is 12.3 Å². The van der Waals surface area contributed by atoms with E-state index in [9.17, 15) is 0 Å². The number of rotatable bonds is 4. The second-order valence-electron chi connectivity index (χ2n) is 3.35. The van der Waals surface area contributed by atoms with Gasteiger partial charge in [-0.05, 0) is 18.2 Å². The van der Waals surface area contributed by atoms with E-state index in [0.29, 0.717) is 6.54 Å². The van der Waals surface area contributed by atoms with Crippen LogP contribution in [-0.4, -0.2) is 25.0 Å². The molecule has 2 heteroatoms. The molecule has 15 heavy (non-hydrogen) atoms. The van der Waals surface area contributed by atoms with Crippen molar-refractivity contribution in [1.29, 1.82) is 0 Å². The number of hydrogen-bond donors (Lipinski definition) is 0. The summed E-state index contributed by atoms with van der Waals surface area (Å²) in [5, 5.41) is 0. The van der Waals surface area contributed by atoms with Crippen molar-refractivity contribution in [3.63, 3.8) is 0 Å². The topological polar surface area (TPSA) is 3.24 Å². The summed E-state index contributed by atoms with van der Waals surface area (Å²) in [7, 11) is 1.99. The van der Waals surface area contributed by atoms with Gasteiger partial charge in [0.15, 0.2) is 0 Å². The van der Waals surface area contributed by atoms with Crippen LogP contribution in [0.15, 0.2) is 36.9 Å². The van der Waals surface area contributed by atoms with Gasteiger partial charge in [0.05, 0.1) is 6.54 Å². The smallest absolute Gasteiger partial charge is 0.0599 e. The molecule has 0 fully saturated rings. The van der Waals surface area contributed by atoms with Crippen molar-refractivity contribution in [3.8, 4) is 12.3 Å². The Kier molecular flexibility index (Phi) is 6.53. The minimum absolute atomic E-state index is 0. The van der Waals surface area contributed by atoms with Crippen LogP contribution in [0.25, 0.3) is 5.57 Å². The zero-order valence-electron chi connectivity index (χ0n) is 8.94. The summed E-state index contributed by atoms with van der Waals surface area (Å²) >= 11 is 0. The van der Waals surface area contributed by atoms with Gasteiger partial charge >= 0.3 is 0 Å². The van der Waals surface area contributed by atoms with Gasteiger partial charge in [-0.15, -0.1) is 18.8 Å². The normalized spacial score (nSPS) is 9.13. The first-order valence-corrected chi connectivity index (χ1v) is 4.59. The monoisotopic (exact) mass is 221 g/mol. The van der Waals surface area contributed by atoms with Crippen LogP contribution < -0.4 is 0 Å². The Morgan fingerprint density at radius 2 is 2.00 bits per heavy atom. The fourth-order valence-electron chi connectivity index (χ4n) is 1.30. The quantitative estimate of drug-likeness (QED) is 0.707. The molecule has 0 amide bonds. The molecule has 80 valence electrons. The van der Waals surface area contributed by atoms with Crippen molar-refractivity contribution in [3.05, 3.63) is 42.5 Å². The fraction of sp³-hybridized carbons (Fsp3) is 0.231. The van der Waals surface area contributed by atoms with Gasteiger partial charge in [0.25, 0.3) is 0 Å². The molecule has 0 unspecified atom stereocenters. The van der Waals surface area contributed by atoms with E-state index in [1.54, 1.807) is 0 Å². The molecule has 1 nitrogen and oxygen atoms in total. The Morgan fingerprint density at radius 1 is 1.40 bits per heavy atom. The predicted octanol–water partition coefficient (Wildman–Crippen LogP) is 2.69. The highest BCUT2D eigenvalue weighted by molar-refractivity contribution is 5.85. The highest BCUT2D eigenvalue weighted by Gasteiger charge is 2.01. The molecule has 1 aromatic carbocycles. The molecular formula is C13H16ClN. The molecule has 0 radical (unpaired) electrons. The summed E-state index contributed by atoms with van der Waals surface area (Å²) < 4.78 is 0. The summed E-state index contributed by atoms with van der Waals surface area (Å²) in [6, 6.07) is 10.2. The van der Waals surface area contributed by atoms with E-state index in [-0.39, 0.29) is 12.4 Å². The lowest BCUT2D eigenvalue weighted by Crippen LogP contribution is -2.20. The molecule has 0 atom stereocenters. The van der Waals surface area contributed by atoms with Gasteiger partial charge in [0.2, 0.25) is 0 Å². The van der Waals surface area contributed by atoms with Crippen molar-refractivity contribution < 1.29 is 0 Å². The van der Waals surface area contributed by atoms with Gasteiger partial charge in [-0.1, -0.05) is 42.8 Å². The standard InChI is InChI=1S/C13H15N.ClH/c1-4-10-14(3)11-12(2)13-8-6-5-7-9-13;/h1,5-9H,2,10-11H2,3H3;1H. The number of likely N-dealkylation sites (N-methyl/N-ethyl adjacent to an activating group) is 1. The van der Waals surface area contributed by atoms with Crippen molar-refractivity contribution >= 4 is 18.0 Å². The lowest BCUT2D eigenvalue weighted by Gasteiger charge is -2.15. The third-order valence-electron chi connectivity index (χ3n) is 2.00. The molecule has 0 aromatic heterocycles. The van der Waals surface area contributed by atoms with Crippen molar-refractivity contribution in [1.82, 2.24) is 4.90 Å². The number of terminal acetylenes is 1. The number of nitrogens with zero attached hydrogens (tertiary/aromatic N) is 1. The minimum Gasteiger partial charge on any atom is -0.291 e. The highest BCUT2D eigenvalue weighted by Crippen LogP contribution is 2.11. The summed E-state index contributed by atoms with van der Waals surface area (Å²) in [6.07, 6.45) is 5.22. The van der Waals surface area contributed by atoms with Crippen LogP contribution in [0.3, 0.4) is 0 Å². The van der Waals surface area contributed by atoms with Gasteiger partial charge in [0, 0.05) is 6.54 Å². The predicted molar refractivity (Wildman–Crippen MR) is 69.1 cm³/mol. The van der Waals surface area contributed by atoms with Gasteiger partial charge in [-0.3, -0.25) is 4.90 Å². The van der Waals surface area contributed by atoms with Gasteiger partial charge in [0.1, 0.15) is 0 Å². The first kappa shape index (κ1) is 13.8. The molecule has 0 aliphatic heterocycles.